The average molecular weight is 559 g/mol. The monoisotopic (exact) mass is 558 g/mol. The van der Waals surface area contributed by atoms with E-state index in [0.29, 0.717) is 57.4 Å². The lowest BCUT2D eigenvalue weighted by Crippen LogP contribution is -2.17. The van der Waals surface area contributed by atoms with Crippen LogP contribution in [0.4, 0.5) is 4.39 Å². The molecule has 0 spiro atoms. The third kappa shape index (κ3) is 7.45. The first-order valence-corrected chi connectivity index (χ1v) is 12.2. The Morgan fingerprint density at radius 3 is 2.58 bits per heavy atom. The summed E-state index contributed by atoms with van der Waals surface area (Å²) in [7, 11) is 1.52. The molecule has 0 fully saturated rings. The zero-order valence-corrected chi connectivity index (χ0v) is 21.9. The predicted molar refractivity (Wildman–Crippen MR) is 140 cm³/mol. The van der Waals surface area contributed by atoms with Gasteiger partial charge in [-0.3, -0.25) is 4.79 Å². The Balaban J connectivity index is 1.70. The maximum atomic E-state index is 13.5. The number of benzene rings is 3. The second kappa shape index (κ2) is 13.5. The summed E-state index contributed by atoms with van der Waals surface area (Å²) in [6, 6.07) is 14.7. The van der Waals surface area contributed by atoms with Crippen LogP contribution in [0.25, 0.3) is 0 Å². The molecular weight excluding hydrogens is 531 g/mol. The number of methoxy groups -OCH3 is 1. The Kier molecular flexibility index (Phi) is 10.1. The van der Waals surface area contributed by atoms with Gasteiger partial charge < -0.3 is 18.9 Å². The van der Waals surface area contributed by atoms with Crippen LogP contribution in [0.15, 0.2) is 64.2 Å². The number of hydrogen-bond donors (Lipinski definition) is 1. The molecule has 0 radical (unpaired) electrons. The standard InChI is InChI=1S/C27H28BrFN2O5/c1-4-11-35-23-10-9-20(15-24(23)33-3)27(32)31-30-16-19-13-22(28)26(25(14-19)34-5-2)36-17-18-7-6-8-21(29)12-18/h6-10,12-16H,4-5,11,17H2,1-3H3,(H,31,32)/b30-16+. The van der Waals surface area contributed by atoms with Gasteiger partial charge in [-0.15, -0.1) is 0 Å². The van der Waals surface area contributed by atoms with Gasteiger partial charge >= 0.3 is 0 Å². The molecule has 36 heavy (non-hydrogen) atoms. The van der Waals surface area contributed by atoms with Gasteiger partial charge in [0.15, 0.2) is 23.0 Å². The van der Waals surface area contributed by atoms with Crippen molar-refractivity contribution in [1.29, 1.82) is 0 Å². The van der Waals surface area contributed by atoms with Crippen LogP contribution in [0, 0.1) is 5.82 Å². The average Bonchev–Trinajstić information content (AvgIpc) is 2.87. The van der Waals surface area contributed by atoms with Crippen LogP contribution in [0.1, 0.15) is 41.8 Å². The van der Waals surface area contributed by atoms with E-state index in [1.807, 2.05) is 13.8 Å². The van der Waals surface area contributed by atoms with E-state index in [4.69, 9.17) is 18.9 Å². The van der Waals surface area contributed by atoms with Crippen molar-refractivity contribution in [2.24, 2.45) is 5.10 Å². The summed E-state index contributed by atoms with van der Waals surface area (Å²) in [6.07, 6.45) is 2.36. The van der Waals surface area contributed by atoms with Crippen molar-refractivity contribution >= 4 is 28.1 Å². The van der Waals surface area contributed by atoms with Gasteiger partial charge in [0.1, 0.15) is 12.4 Å². The Labute approximate surface area is 218 Å². The fourth-order valence-corrected chi connectivity index (χ4v) is 3.79. The summed E-state index contributed by atoms with van der Waals surface area (Å²) in [6.45, 7) is 5.01. The summed E-state index contributed by atoms with van der Waals surface area (Å²) >= 11 is 3.50. The van der Waals surface area contributed by atoms with Crippen molar-refractivity contribution in [2.45, 2.75) is 26.9 Å². The summed E-state index contributed by atoms with van der Waals surface area (Å²) in [5.41, 5.74) is 4.25. The van der Waals surface area contributed by atoms with Gasteiger partial charge in [0, 0.05) is 5.56 Å². The molecule has 1 N–H and O–H groups in total. The lowest BCUT2D eigenvalue weighted by atomic mass is 10.2. The number of hydrogen-bond acceptors (Lipinski definition) is 6. The van der Waals surface area contributed by atoms with Gasteiger partial charge in [-0.05, 0) is 82.9 Å². The van der Waals surface area contributed by atoms with E-state index in [2.05, 4.69) is 26.5 Å². The minimum Gasteiger partial charge on any atom is -0.493 e. The summed E-state index contributed by atoms with van der Waals surface area (Å²) < 4.78 is 36.7. The van der Waals surface area contributed by atoms with Crippen molar-refractivity contribution in [2.75, 3.05) is 20.3 Å². The Hall–Kier alpha value is -3.59. The van der Waals surface area contributed by atoms with Crippen LogP contribution in [-0.2, 0) is 6.61 Å². The number of rotatable bonds is 12. The molecule has 0 aliphatic carbocycles. The summed E-state index contributed by atoms with van der Waals surface area (Å²) in [5, 5.41) is 4.07. The predicted octanol–water partition coefficient (Wildman–Crippen LogP) is 6.13. The highest BCUT2D eigenvalue weighted by Crippen LogP contribution is 2.37. The molecular formula is C27H28BrFN2O5. The second-order valence-electron chi connectivity index (χ2n) is 7.59. The van der Waals surface area contributed by atoms with Gasteiger partial charge in [-0.2, -0.15) is 5.10 Å². The minimum absolute atomic E-state index is 0.172. The molecule has 0 saturated heterocycles. The molecule has 0 unspecified atom stereocenters. The summed E-state index contributed by atoms with van der Waals surface area (Å²) in [4.78, 5) is 12.6. The van der Waals surface area contributed by atoms with E-state index in [1.165, 1.54) is 25.5 Å². The number of nitrogens with one attached hydrogen (secondary N) is 1. The smallest absolute Gasteiger partial charge is 0.271 e. The van der Waals surface area contributed by atoms with Crippen molar-refractivity contribution in [3.8, 4) is 23.0 Å². The van der Waals surface area contributed by atoms with Gasteiger partial charge in [-0.1, -0.05) is 19.1 Å². The molecule has 0 heterocycles. The molecule has 0 atom stereocenters. The highest BCUT2D eigenvalue weighted by atomic mass is 79.9. The first kappa shape index (κ1) is 27.0. The third-order valence-electron chi connectivity index (χ3n) is 4.87. The van der Waals surface area contributed by atoms with Crippen LogP contribution >= 0.6 is 15.9 Å². The highest BCUT2D eigenvalue weighted by Gasteiger charge is 2.13. The number of hydrazone groups is 1. The molecule has 3 rings (SSSR count). The zero-order valence-electron chi connectivity index (χ0n) is 20.3. The largest absolute Gasteiger partial charge is 0.493 e. The van der Waals surface area contributed by atoms with Gasteiger partial charge in [0.05, 0.1) is 31.0 Å². The normalized spacial score (nSPS) is 10.8. The number of amides is 1. The molecule has 0 aliphatic heterocycles. The molecule has 3 aromatic carbocycles. The van der Waals surface area contributed by atoms with Crippen LogP contribution in [0.2, 0.25) is 0 Å². The maximum Gasteiger partial charge on any atom is 0.271 e. The molecule has 0 saturated carbocycles. The van der Waals surface area contributed by atoms with Crippen LogP contribution in [-0.4, -0.2) is 32.4 Å². The first-order chi connectivity index (χ1) is 17.4. The van der Waals surface area contributed by atoms with Crippen LogP contribution in [0.5, 0.6) is 23.0 Å². The van der Waals surface area contributed by atoms with Crippen molar-refractivity contribution in [3.63, 3.8) is 0 Å². The van der Waals surface area contributed by atoms with E-state index in [9.17, 15) is 9.18 Å². The van der Waals surface area contributed by atoms with Gasteiger partial charge in [0.2, 0.25) is 0 Å². The molecule has 0 aromatic heterocycles. The molecule has 3 aromatic rings. The Bertz CT molecular complexity index is 1220. The third-order valence-corrected chi connectivity index (χ3v) is 5.46. The van der Waals surface area contributed by atoms with Crippen molar-refractivity contribution < 1.29 is 28.1 Å². The number of carbonyl (C=O) groups excluding carboxylic acids is 1. The van der Waals surface area contributed by atoms with Crippen LogP contribution in [0.3, 0.4) is 0 Å². The second-order valence-corrected chi connectivity index (χ2v) is 8.45. The number of ether oxygens (including phenoxy) is 4. The topological polar surface area (TPSA) is 78.4 Å². The molecule has 7 nitrogen and oxygen atoms in total. The van der Waals surface area contributed by atoms with E-state index >= 15 is 0 Å². The Morgan fingerprint density at radius 1 is 1.03 bits per heavy atom. The van der Waals surface area contributed by atoms with E-state index < -0.39 is 5.91 Å². The van der Waals surface area contributed by atoms with Gasteiger partial charge in [0.25, 0.3) is 5.91 Å². The highest BCUT2D eigenvalue weighted by molar-refractivity contribution is 9.10. The molecule has 190 valence electrons. The number of nitrogens with zero attached hydrogens (tertiary/aromatic N) is 1. The fraction of sp³-hybridized carbons (Fsp3) is 0.259. The van der Waals surface area contributed by atoms with E-state index in [0.717, 1.165) is 6.42 Å². The van der Waals surface area contributed by atoms with E-state index in [1.54, 1.807) is 42.5 Å². The SMILES string of the molecule is CCCOc1ccc(C(=O)N/N=C/c2cc(Br)c(OCc3cccc(F)c3)c(OCC)c2)cc1OC. The molecule has 0 aliphatic rings. The van der Waals surface area contributed by atoms with Crippen molar-refractivity contribution in [1.82, 2.24) is 5.43 Å². The molecule has 9 heteroatoms. The van der Waals surface area contributed by atoms with Crippen molar-refractivity contribution in [3.05, 3.63) is 81.6 Å². The maximum absolute atomic E-state index is 13.5. The lowest BCUT2D eigenvalue weighted by molar-refractivity contribution is 0.0954. The van der Waals surface area contributed by atoms with Crippen LogP contribution < -0.4 is 24.4 Å². The first-order valence-electron chi connectivity index (χ1n) is 11.4. The lowest BCUT2D eigenvalue weighted by Gasteiger charge is -2.14. The number of halogens is 2. The van der Waals surface area contributed by atoms with E-state index in [-0.39, 0.29) is 12.4 Å². The Morgan fingerprint density at radius 2 is 1.86 bits per heavy atom. The quantitative estimate of drug-likeness (QED) is 0.214. The zero-order chi connectivity index (χ0) is 25.9. The summed E-state index contributed by atoms with van der Waals surface area (Å²) in [5.74, 6) is 1.30. The molecule has 0 bridgehead atoms. The molecule has 1 amide bonds. The van der Waals surface area contributed by atoms with Gasteiger partial charge in [-0.25, -0.2) is 9.82 Å². The minimum atomic E-state index is -0.397. The fourth-order valence-electron chi connectivity index (χ4n) is 3.22. The number of carbonyl (C=O) groups is 1.